The second kappa shape index (κ2) is 11.0. The zero-order valence-electron chi connectivity index (χ0n) is 18.8. The van der Waals surface area contributed by atoms with Crippen molar-refractivity contribution in [3.05, 3.63) is 94.0 Å². The summed E-state index contributed by atoms with van der Waals surface area (Å²) in [4.78, 5) is 23.0. The molecule has 0 unspecified atom stereocenters. The van der Waals surface area contributed by atoms with E-state index in [-0.39, 0.29) is 11.1 Å². The zero-order valence-corrected chi connectivity index (χ0v) is 20.3. The molecular formula is C26H25Cl2FN4O. The molecule has 2 heterocycles. The summed E-state index contributed by atoms with van der Waals surface area (Å²) in [6.45, 7) is 4.11. The summed E-state index contributed by atoms with van der Waals surface area (Å²) in [6.07, 6.45) is 5.72. The molecule has 1 fully saturated rings. The van der Waals surface area contributed by atoms with E-state index in [0.717, 1.165) is 49.0 Å². The van der Waals surface area contributed by atoms with Crippen LogP contribution in [0.2, 0.25) is 10.2 Å². The molecular weight excluding hydrogens is 474 g/mol. The molecule has 1 saturated heterocycles. The Balaban J connectivity index is 1.42. The Morgan fingerprint density at radius 1 is 1.06 bits per heavy atom. The highest BCUT2D eigenvalue weighted by Crippen LogP contribution is 2.31. The Kier molecular flexibility index (Phi) is 7.83. The minimum Gasteiger partial charge on any atom is -0.367 e. The van der Waals surface area contributed by atoms with E-state index >= 15 is 0 Å². The second-order valence-electron chi connectivity index (χ2n) is 8.11. The number of rotatable bonds is 6. The molecule has 8 heteroatoms. The van der Waals surface area contributed by atoms with Crippen LogP contribution >= 0.6 is 23.2 Å². The zero-order chi connectivity index (χ0) is 24.1. The van der Waals surface area contributed by atoms with Crippen LogP contribution in [0.3, 0.4) is 0 Å². The van der Waals surface area contributed by atoms with Gasteiger partial charge in [-0.1, -0.05) is 47.5 Å². The van der Waals surface area contributed by atoms with Crippen molar-refractivity contribution in [3.8, 4) is 0 Å². The van der Waals surface area contributed by atoms with Crippen LogP contribution in [0, 0.1) is 5.82 Å². The number of nitrogens with zero attached hydrogens (tertiary/aromatic N) is 4. The van der Waals surface area contributed by atoms with Crippen molar-refractivity contribution in [2.24, 2.45) is 0 Å². The lowest BCUT2D eigenvalue weighted by Crippen LogP contribution is -2.46. The molecule has 0 saturated carbocycles. The lowest BCUT2D eigenvalue weighted by atomic mass is 10.1. The van der Waals surface area contributed by atoms with Gasteiger partial charge in [-0.25, -0.2) is 9.37 Å². The van der Waals surface area contributed by atoms with E-state index in [1.807, 2.05) is 24.3 Å². The highest BCUT2D eigenvalue weighted by molar-refractivity contribution is 6.30. The number of hydrogen-bond donors (Lipinski definition) is 0. The maximum Gasteiger partial charge on any atom is 0.258 e. The largest absolute Gasteiger partial charge is 0.367 e. The summed E-state index contributed by atoms with van der Waals surface area (Å²) < 4.78 is 14.2. The SMILES string of the molecule is CN(C(=O)c1ccnc(Cl)c1)c1cc(F)ccc1N1CCN(CC=Cc2ccc(Cl)cc2)CC1. The number of benzene rings is 2. The number of aromatic nitrogens is 1. The molecule has 0 spiro atoms. The summed E-state index contributed by atoms with van der Waals surface area (Å²) in [5.41, 5.74) is 2.86. The van der Waals surface area contributed by atoms with Crippen molar-refractivity contribution in [1.29, 1.82) is 0 Å². The topological polar surface area (TPSA) is 39.7 Å². The summed E-state index contributed by atoms with van der Waals surface area (Å²) >= 11 is 11.9. The smallest absolute Gasteiger partial charge is 0.258 e. The minimum atomic E-state index is -0.392. The van der Waals surface area contributed by atoms with Gasteiger partial charge in [0, 0.05) is 56.6 Å². The van der Waals surface area contributed by atoms with Gasteiger partial charge in [0.1, 0.15) is 11.0 Å². The van der Waals surface area contributed by atoms with E-state index in [2.05, 4.69) is 26.9 Å². The number of anilines is 2. The normalized spacial score (nSPS) is 14.5. The lowest BCUT2D eigenvalue weighted by molar-refractivity contribution is 0.0993. The van der Waals surface area contributed by atoms with Crippen molar-refractivity contribution in [2.75, 3.05) is 49.6 Å². The number of carbonyl (C=O) groups excluding carboxylic acids is 1. The molecule has 176 valence electrons. The molecule has 5 nitrogen and oxygen atoms in total. The van der Waals surface area contributed by atoms with Crippen LogP contribution in [0.1, 0.15) is 15.9 Å². The van der Waals surface area contributed by atoms with E-state index < -0.39 is 5.82 Å². The molecule has 1 aliphatic heterocycles. The highest BCUT2D eigenvalue weighted by Gasteiger charge is 2.23. The van der Waals surface area contributed by atoms with Gasteiger partial charge in [-0.2, -0.15) is 0 Å². The molecule has 1 aromatic heterocycles. The molecule has 1 aliphatic rings. The van der Waals surface area contributed by atoms with Crippen LogP contribution in [-0.4, -0.2) is 55.6 Å². The van der Waals surface area contributed by atoms with Crippen LogP contribution in [0.4, 0.5) is 15.8 Å². The van der Waals surface area contributed by atoms with Gasteiger partial charge in [0.15, 0.2) is 0 Å². The number of amides is 1. The van der Waals surface area contributed by atoms with Gasteiger partial charge in [0.05, 0.1) is 11.4 Å². The fourth-order valence-electron chi connectivity index (χ4n) is 3.95. The van der Waals surface area contributed by atoms with Gasteiger partial charge in [-0.15, -0.1) is 0 Å². The van der Waals surface area contributed by atoms with Crippen LogP contribution in [-0.2, 0) is 0 Å². The van der Waals surface area contributed by atoms with Crippen LogP contribution in [0.5, 0.6) is 0 Å². The number of pyridine rings is 1. The van der Waals surface area contributed by atoms with Gasteiger partial charge in [0.25, 0.3) is 5.91 Å². The van der Waals surface area contributed by atoms with Gasteiger partial charge in [-0.3, -0.25) is 9.69 Å². The first-order valence-electron chi connectivity index (χ1n) is 11.0. The Bertz CT molecular complexity index is 1180. The fraction of sp³-hybridized carbons (Fsp3) is 0.231. The quantitative estimate of drug-likeness (QED) is 0.412. The average molecular weight is 499 g/mol. The number of halogens is 3. The van der Waals surface area contributed by atoms with Crippen LogP contribution in [0.15, 0.2) is 66.9 Å². The molecule has 4 rings (SSSR count). The van der Waals surface area contributed by atoms with Crippen molar-refractivity contribution in [1.82, 2.24) is 9.88 Å². The third-order valence-electron chi connectivity index (χ3n) is 5.83. The highest BCUT2D eigenvalue weighted by atomic mass is 35.5. The Morgan fingerprint density at radius 3 is 2.50 bits per heavy atom. The predicted molar refractivity (Wildman–Crippen MR) is 138 cm³/mol. The molecule has 0 bridgehead atoms. The van der Waals surface area contributed by atoms with Crippen molar-refractivity contribution in [2.45, 2.75) is 0 Å². The van der Waals surface area contributed by atoms with E-state index in [0.29, 0.717) is 11.3 Å². The van der Waals surface area contributed by atoms with Gasteiger partial charge in [0.2, 0.25) is 0 Å². The first-order valence-corrected chi connectivity index (χ1v) is 11.7. The Morgan fingerprint density at radius 2 is 1.79 bits per heavy atom. The summed E-state index contributed by atoms with van der Waals surface area (Å²) in [5, 5.41) is 0.963. The van der Waals surface area contributed by atoms with E-state index in [9.17, 15) is 9.18 Å². The Labute approximate surface area is 209 Å². The van der Waals surface area contributed by atoms with Crippen molar-refractivity contribution in [3.63, 3.8) is 0 Å². The molecule has 0 N–H and O–H groups in total. The van der Waals surface area contributed by atoms with Gasteiger partial charge < -0.3 is 9.80 Å². The fourth-order valence-corrected chi connectivity index (χ4v) is 4.25. The van der Waals surface area contributed by atoms with Crippen LogP contribution in [0.25, 0.3) is 6.08 Å². The molecule has 0 aliphatic carbocycles. The number of hydrogen-bond acceptors (Lipinski definition) is 4. The monoisotopic (exact) mass is 498 g/mol. The number of carbonyl (C=O) groups is 1. The molecule has 34 heavy (non-hydrogen) atoms. The summed E-state index contributed by atoms with van der Waals surface area (Å²) in [7, 11) is 1.65. The van der Waals surface area contributed by atoms with E-state index in [4.69, 9.17) is 23.2 Å². The Hall–Kier alpha value is -2.93. The maximum atomic E-state index is 14.2. The third-order valence-corrected chi connectivity index (χ3v) is 6.29. The maximum absolute atomic E-state index is 14.2. The molecule has 2 aromatic carbocycles. The van der Waals surface area contributed by atoms with Crippen molar-refractivity contribution >= 4 is 46.6 Å². The first-order chi connectivity index (χ1) is 16.4. The number of piperazine rings is 1. The molecule has 1 amide bonds. The van der Waals surface area contributed by atoms with E-state index in [1.54, 1.807) is 19.2 Å². The molecule has 0 atom stereocenters. The molecule has 0 radical (unpaired) electrons. The average Bonchev–Trinajstić information content (AvgIpc) is 2.85. The third kappa shape index (κ3) is 5.95. The minimum absolute atomic E-state index is 0.236. The van der Waals surface area contributed by atoms with Gasteiger partial charge in [-0.05, 0) is 48.0 Å². The summed E-state index contributed by atoms with van der Waals surface area (Å²) in [6, 6.07) is 15.4. The van der Waals surface area contributed by atoms with Crippen molar-refractivity contribution < 1.29 is 9.18 Å². The lowest BCUT2D eigenvalue weighted by Gasteiger charge is -2.37. The van der Waals surface area contributed by atoms with E-state index in [1.165, 1.54) is 29.3 Å². The second-order valence-corrected chi connectivity index (χ2v) is 8.93. The first kappa shape index (κ1) is 24.2. The molecule has 3 aromatic rings. The summed E-state index contributed by atoms with van der Waals surface area (Å²) in [5.74, 6) is -0.667. The predicted octanol–water partition coefficient (Wildman–Crippen LogP) is 5.64. The van der Waals surface area contributed by atoms with Crippen LogP contribution < -0.4 is 9.80 Å². The standard InChI is InChI=1S/C26H25Cl2FN4O/c1-31(26(34)20-10-11-30-25(28)17-20)24-18-22(29)8-9-23(24)33-15-13-32(14-16-33)12-2-3-19-4-6-21(27)7-5-19/h2-11,17-18H,12-16H2,1H3. The van der Waals surface area contributed by atoms with Gasteiger partial charge >= 0.3 is 0 Å².